The molecule has 0 aliphatic carbocycles. The number of aromatic nitrogens is 1. The number of hydrogen-bond donors (Lipinski definition) is 2. The molecule has 8 heteroatoms. The predicted octanol–water partition coefficient (Wildman–Crippen LogP) is 2.92. The number of halogens is 4. The van der Waals surface area contributed by atoms with Crippen molar-refractivity contribution in [3.05, 3.63) is 22.2 Å². The highest BCUT2D eigenvalue weighted by atomic mass is 35.5. The van der Waals surface area contributed by atoms with E-state index in [1.807, 2.05) is 27.7 Å². The van der Waals surface area contributed by atoms with Gasteiger partial charge >= 0.3 is 0 Å². The molecule has 0 bridgehead atoms. The summed E-state index contributed by atoms with van der Waals surface area (Å²) in [7, 11) is 1.76. The van der Waals surface area contributed by atoms with E-state index >= 15 is 0 Å². The molecule has 3 rings (SSSR count). The zero-order valence-electron chi connectivity index (χ0n) is 13.8. The lowest BCUT2D eigenvalue weighted by Crippen LogP contribution is -2.49. The van der Waals surface area contributed by atoms with Crippen LogP contribution in [0.1, 0.15) is 38.8 Å². The monoisotopic (exact) mass is 382 g/mol. The third-order valence-electron chi connectivity index (χ3n) is 3.13. The minimum atomic E-state index is -0.899. The summed E-state index contributed by atoms with van der Waals surface area (Å²) in [6.07, 6.45) is 1.62. The number of fused-ring (bicyclic) bond motifs is 2. The molecule has 0 aromatic carbocycles. The number of anilines is 1. The van der Waals surface area contributed by atoms with Crippen LogP contribution in [0.4, 0.5) is 10.2 Å². The number of nitrogens with one attached hydrogen (secondary N) is 2. The second kappa shape index (κ2) is 8.92. The molecule has 2 aliphatic rings. The van der Waals surface area contributed by atoms with Crippen molar-refractivity contribution in [1.82, 2.24) is 15.6 Å². The van der Waals surface area contributed by atoms with Gasteiger partial charge in [-0.05, 0) is 6.07 Å². The zero-order valence-corrected chi connectivity index (χ0v) is 16.1. The highest BCUT2D eigenvalue weighted by molar-refractivity contribution is 6.25. The summed E-state index contributed by atoms with van der Waals surface area (Å²) < 4.78 is 14.0. The van der Waals surface area contributed by atoms with Gasteiger partial charge in [0.05, 0.1) is 0 Å². The summed E-state index contributed by atoms with van der Waals surface area (Å²) in [6, 6.07) is 1.77. The Bertz CT molecular complexity index is 653. The topological polar surface area (TPSA) is 40.2 Å². The highest BCUT2D eigenvalue weighted by Gasteiger charge is 2.29. The molecule has 2 aliphatic heterocycles. The molecule has 0 amide bonds. The van der Waals surface area contributed by atoms with E-state index in [0.717, 1.165) is 5.56 Å². The Morgan fingerprint density at radius 2 is 1.74 bits per heavy atom. The second-order valence-electron chi connectivity index (χ2n) is 4.34. The molecule has 1 aromatic heterocycles. The molecule has 0 radical (unpaired) electrons. The van der Waals surface area contributed by atoms with Crippen molar-refractivity contribution in [1.29, 1.82) is 0 Å². The first-order valence-corrected chi connectivity index (χ1v) is 8.88. The SMILES string of the molecule is CC.CC.CN1c2nc3c(cc2C(Cl)NC1Cl)=CNC(Cl)C=3F. The lowest BCUT2D eigenvalue weighted by atomic mass is 10.1. The van der Waals surface area contributed by atoms with Gasteiger partial charge in [-0.15, -0.1) is 11.6 Å². The van der Waals surface area contributed by atoms with Gasteiger partial charge in [0, 0.05) is 24.0 Å². The first-order valence-electron chi connectivity index (χ1n) is 7.57. The lowest BCUT2D eigenvalue weighted by molar-refractivity contribution is 0.571. The minimum absolute atomic E-state index is 0.221. The average Bonchev–Trinajstić information content (AvgIpc) is 2.59. The molecule has 3 heterocycles. The van der Waals surface area contributed by atoms with E-state index in [1.54, 1.807) is 24.2 Å². The Morgan fingerprint density at radius 3 is 2.35 bits per heavy atom. The fraction of sp³-hybridized carbons (Fsp3) is 0.533. The van der Waals surface area contributed by atoms with Gasteiger partial charge < -0.3 is 10.2 Å². The van der Waals surface area contributed by atoms with Gasteiger partial charge in [0.1, 0.15) is 16.7 Å². The summed E-state index contributed by atoms with van der Waals surface area (Å²) in [5.41, 5.74) is -1.12. The summed E-state index contributed by atoms with van der Waals surface area (Å²) in [5.74, 6) is 0.0398. The van der Waals surface area contributed by atoms with Crippen molar-refractivity contribution < 1.29 is 4.39 Å². The van der Waals surface area contributed by atoms with Crippen LogP contribution < -0.4 is 26.1 Å². The summed E-state index contributed by atoms with van der Waals surface area (Å²) in [6.45, 7) is 8.00. The molecule has 0 spiro atoms. The molecule has 3 unspecified atom stereocenters. The first kappa shape index (κ1) is 20.3. The van der Waals surface area contributed by atoms with Gasteiger partial charge in [0.25, 0.3) is 0 Å². The predicted molar refractivity (Wildman–Crippen MR) is 97.7 cm³/mol. The third kappa shape index (κ3) is 4.02. The third-order valence-corrected chi connectivity index (χ3v) is 4.22. The Balaban J connectivity index is 0.000000615. The second-order valence-corrected chi connectivity index (χ2v) is 5.62. The van der Waals surface area contributed by atoms with Crippen molar-refractivity contribution in [2.45, 2.75) is 44.3 Å². The van der Waals surface area contributed by atoms with Crippen LogP contribution in [0, 0.1) is 0 Å². The van der Waals surface area contributed by atoms with Gasteiger partial charge in [-0.1, -0.05) is 50.9 Å². The fourth-order valence-electron chi connectivity index (χ4n) is 2.09. The number of rotatable bonds is 0. The van der Waals surface area contributed by atoms with Gasteiger partial charge in [0.15, 0.2) is 17.0 Å². The number of pyridine rings is 1. The fourth-order valence-corrected chi connectivity index (χ4v) is 2.82. The van der Waals surface area contributed by atoms with Gasteiger partial charge in [-0.25, -0.2) is 9.37 Å². The molecule has 0 fully saturated rings. The van der Waals surface area contributed by atoms with Crippen LogP contribution in [0.25, 0.3) is 12.0 Å². The zero-order chi connectivity index (χ0) is 17.7. The smallest absolute Gasteiger partial charge is 0.164 e. The van der Waals surface area contributed by atoms with Crippen LogP contribution in [-0.4, -0.2) is 23.2 Å². The van der Waals surface area contributed by atoms with Crippen molar-refractivity contribution in [2.24, 2.45) is 0 Å². The van der Waals surface area contributed by atoms with Crippen molar-refractivity contribution >= 4 is 52.6 Å². The summed E-state index contributed by atoms with van der Waals surface area (Å²) in [4.78, 5) is 6.01. The van der Waals surface area contributed by atoms with Crippen LogP contribution in [0.2, 0.25) is 0 Å². The van der Waals surface area contributed by atoms with E-state index in [-0.39, 0.29) is 5.35 Å². The largest absolute Gasteiger partial charge is 0.369 e. The van der Waals surface area contributed by atoms with Crippen LogP contribution in [-0.2, 0) is 0 Å². The highest BCUT2D eigenvalue weighted by Crippen LogP contribution is 2.31. The molecule has 130 valence electrons. The Labute approximate surface area is 151 Å². The summed E-state index contributed by atoms with van der Waals surface area (Å²) >= 11 is 18.1. The first-order chi connectivity index (χ1) is 11.0. The molecule has 23 heavy (non-hydrogen) atoms. The van der Waals surface area contributed by atoms with E-state index in [9.17, 15) is 4.39 Å². The molecular weight excluding hydrogens is 362 g/mol. The minimum Gasteiger partial charge on any atom is -0.369 e. The molecule has 0 saturated carbocycles. The van der Waals surface area contributed by atoms with Gasteiger partial charge in [0.2, 0.25) is 0 Å². The van der Waals surface area contributed by atoms with Crippen molar-refractivity contribution in [3.8, 4) is 0 Å². The van der Waals surface area contributed by atoms with E-state index in [4.69, 9.17) is 34.8 Å². The van der Waals surface area contributed by atoms with E-state index < -0.39 is 22.5 Å². The van der Waals surface area contributed by atoms with E-state index in [0.29, 0.717) is 11.0 Å². The maximum Gasteiger partial charge on any atom is 0.164 e. The Kier molecular flexibility index (Phi) is 7.87. The van der Waals surface area contributed by atoms with Crippen LogP contribution in [0.3, 0.4) is 0 Å². The molecule has 4 nitrogen and oxygen atoms in total. The quantitative estimate of drug-likeness (QED) is 0.534. The van der Waals surface area contributed by atoms with Gasteiger partial charge in [-0.2, -0.15) is 0 Å². The molecule has 2 N–H and O–H groups in total. The van der Waals surface area contributed by atoms with Crippen LogP contribution >= 0.6 is 34.8 Å². The molecular formula is C15H22Cl3FN4. The molecule has 1 aromatic rings. The Hall–Kier alpha value is -0.750. The van der Waals surface area contributed by atoms with Gasteiger partial charge in [-0.3, -0.25) is 5.32 Å². The number of alkyl halides is 3. The maximum absolute atomic E-state index is 14.0. The normalized spacial score (nSPS) is 24.7. The number of nitrogens with zero attached hydrogens (tertiary/aromatic N) is 2. The summed E-state index contributed by atoms with van der Waals surface area (Å²) in [5, 5.41) is 6.52. The van der Waals surface area contributed by atoms with E-state index in [1.165, 1.54) is 0 Å². The van der Waals surface area contributed by atoms with Crippen molar-refractivity contribution in [2.75, 3.05) is 11.9 Å². The molecule has 3 atom stereocenters. The Morgan fingerprint density at radius 1 is 1.13 bits per heavy atom. The lowest BCUT2D eigenvalue weighted by Gasteiger charge is -2.34. The van der Waals surface area contributed by atoms with E-state index in [2.05, 4.69) is 15.6 Å². The maximum atomic E-state index is 14.0. The van der Waals surface area contributed by atoms with Crippen LogP contribution in [0.15, 0.2) is 6.07 Å². The average molecular weight is 384 g/mol. The standard InChI is InChI=1S/C11H10Cl3FN4.2C2H6/c1-19-10-5(8(12)18-11(19)14)2-4-3-16-9(13)6(15)7(4)17-10;2*1-2/h2-3,8-9,11,16,18H,1H3;2*1-2H3. The van der Waals surface area contributed by atoms with Crippen LogP contribution in [0.5, 0.6) is 0 Å². The number of hydrogen-bond acceptors (Lipinski definition) is 4. The van der Waals surface area contributed by atoms with Crippen molar-refractivity contribution in [3.63, 3.8) is 0 Å². The molecule has 0 saturated heterocycles.